The van der Waals surface area contributed by atoms with Gasteiger partial charge in [-0.25, -0.2) is 0 Å². The van der Waals surface area contributed by atoms with Crippen LogP contribution in [-0.4, -0.2) is 39.0 Å². The van der Waals surface area contributed by atoms with Gasteiger partial charge in [0.1, 0.15) is 0 Å². The predicted octanol–water partition coefficient (Wildman–Crippen LogP) is 1.57. The van der Waals surface area contributed by atoms with E-state index < -0.39 is 0 Å². The van der Waals surface area contributed by atoms with Crippen molar-refractivity contribution in [3.05, 3.63) is 0 Å². The summed E-state index contributed by atoms with van der Waals surface area (Å²) in [4.78, 5) is 0. The van der Waals surface area contributed by atoms with Gasteiger partial charge in [0, 0.05) is 26.3 Å². The largest absolute Gasteiger partial charge is 0.383 e. The molecule has 1 aliphatic carbocycles. The Kier molecular flexibility index (Phi) is 5.45. The summed E-state index contributed by atoms with van der Waals surface area (Å²) in [6, 6.07) is 1.00. The lowest BCUT2D eigenvalue weighted by Crippen LogP contribution is -2.44. The highest BCUT2D eigenvalue weighted by molar-refractivity contribution is 4.86. The highest BCUT2D eigenvalue weighted by Crippen LogP contribution is 2.22. The van der Waals surface area contributed by atoms with E-state index in [9.17, 15) is 0 Å². The molecule has 3 nitrogen and oxygen atoms in total. The van der Waals surface area contributed by atoms with E-state index in [0.29, 0.717) is 18.2 Å². The number of ether oxygens (including phenoxy) is 2. The Morgan fingerprint density at radius 1 is 1.36 bits per heavy atom. The Labute approximate surface area is 87.2 Å². The summed E-state index contributed by atoms with van der Waals surface area (Å²) < 4.78 is 10.6. The van der Waals surface area contributed by atoms with Crippen LogP contribution in [-0.2, 0) is 9.47 Å². The number of hydrogen-bond acceptors (Lipinski definition) is 3. The molecule has 14 heavy (non-hydrogen) atoms. The second-order valence-corrected chi connectivity index (χ2v) is 4.04. The van der Waals surface area contributed by atoms with E-state index >= 15 is 0 Å². The van der Waals surface area contributed by atoms with Gasteiger partial charge in [-0.3, -0.25) is 0 Å². The number of rotatable bonds is 6. The van der Waals surface area contributed by atoms with Crippen LogP contribution in [0.2, 0.25) is 0 Å². The summed E-state index contributed by atoms with van der Waals surface area (Å²) in [6.07, 6.45) is 5.22. The monoisotopic (exact) mass is 201 g/mol. The summed E-state index contributed by atoms with van der Waals surface area (Å²) in [5.74, 6) is 0. The number of methoxy groups -OCH3 is 2. The van der Waals surface area contributed by atoms with Crippen molar-refractivity contribution in [2.24, 2.45) is 0 Å². The van der Waals surface area contributed by atoms with Crippen molar-refractivity contribution < 1.29 is 9.47 Å². The SMILES string of the molecule is CCC(COC)NC1CCCC1OC. The van der Waals surface area contributed by atoms with Gasteiger partial charge in [-0.2, -0.15) is 0 Å². The Bertz CT molecular complexity index is 152. The molecule has 1 aliphatic rings. The quantitative estimate of drug-likeness (QED) is 0.707. The Hall–Kier alpha value is -0.120. The minimum absolute atomic E-state index is 0.404. The van der Waals surface area contributed by atoms with E-state index in [-0.39, 0.29) is 0 Å². The van der Waals surface area contributed by atoms with E-state index in [1.807, 2.05) is 7.11 Å². The van der Waals surface area contributed by atoms with Gasteiger partial charge in [-0.1, -0.05) is 6.92 Å². The molecular weight excluding hydrogens is 178 g/mol. The first-order valence-corrected chi connectivity index (χ1v) is 5.59. The van der Waals surface area contributed by atoms with Gasteiger partial charge in [0.25, 0.3) is 0 Å². The molecule has 3 atom stereocenters. The first kappa shape index (κ1) is 12.0. The van der Waals surface area contributed by atoms with Crippen LogP contribution < -0.4 is 5.32 Å². The average molecular weight is 201 g/mol. The molecule has 1 fully saturated rings. The molecule has 0 aliphatic heterocycles. The van der Waals surface area contributed by atoms with Crippen LogP contribution in [0.1, 0.15) is 32.6 Å². The van der Waals surface area contributed by atoms with E-state index in [1.54, 1.807) is 7.11 Å². The fourth-order valence-electron chi connectivity index (χ4n) is 2.19. The predicted molar refractivity (Wildman–Crippen MR) is 57.5 cm³/mol. The molecule has 3 heteroatoms. The molecule has 3 unspecified atom stereocenters. The maximum atomic E-state index is 5.44. The molecule has 0 aromatic carbocycles. The third kappa shape index (κ3) is 3.23. The maximum Gasteiger partial charge on any atom is 0.0724 e. The summed E-state index contributed by atoms with van der Waals surface area (Å²) in [7, 11) is 3.56. The van der Waals surface area contributed by atoms with E-state index in [4.69, 9.17) is 9.47 Å². The minimum Gasteiger partial charge on any atom is -0.383 e. The zero-order valence-electron chi connectivity index (χ0n) is 9.58. The van der Waals surface area contributed by atoms with Gasteiger partial charge < -0.3 is 14.8 Å². The fraction of sp³-hybridized carbons (Fsp3) is 1.00. The molecule has 0 aromatic rings. The van der Waals surface area contributed by atoms with Crippen molar-refractivity contribution in [3.63, 3.8) is 0 Å². The molecule has 0 saturated heterocycles. The molecule has 1 rings (SSSR count). The summed E-state index contributed by atoms with van der Waals surface area (Å²) >= 11 is 0. The van der Waals surface area contributed by atoms with Crippen LogP contribution in [0.25, 0.3) is 0 Å². The highest BCUT2D eigenvalue weighted by atomic mass is 16.5. The van der Waals surface area contributed by atoms with Gasteiger partial charge in [-0.15, -0.1) is 0 Å². The summed E-state index contributed by atoms with van der Waals surface area (Å²) in [5, 5.41) is 3.62. The number of hydrogen-bond donors (Lipinski definition) is 1. The Morgan fingerprint density at radius 3 is 2.71 bits per heavy atom. The molecule has 84 valence electrons. The summed E-state index contributed by atoms with van der Waals surface area (Å²) in [5.41, 5.74) is 0. The lowest BCUT2D eigenvalue weighted by molar-refractivity contribution is 0.0729. The topological polar surface area (TPSA) is 30.5 Å². The van der Waals surface area contributed by atoms with Crippen LogP contribution in [0.5, 0.6) is 0 Å². The molecule has 0 heterocycles. The Balaban J connectivity index is 2.32. The fourth-order valence-corrected chi connectivity index (χ4v) is 2.19. The normalized spacial score (nSPS) is 29.4. The van der Waals surface area contributed by atoms with Crippen LogP contribution in [0.3, 0.4) is 0 Å². The van der Waals surface area contributed by atoms with Crippen LogP contribution in [0, 0.1) is 0 Å². The lowest BCUT2D eigenvalue weighted by Gasteiger charge is -2.25. The first-order valence-electron chi connectivity index (χ1n) is 5.59. The standard InChI is InChI=1S/C11H23NO2/c1-4-9(8-13-2)12-10-6-5-7-11(10)14-3/h9-12H,4-8H2,1-3H3. The molecule has 0 aromatic heterocycles. The lowest BCUT2D eigenvalue weighted by atomic mass is 10.1. The van der Waals surface area contributed by atoms with Gasteiger partial charge in [-0.05, 0) is 25.7 Å². The smallest absolute Gasteiger partial charge is 0.0724 e. The maximum absolute atomic E-state index is 5.44. The second-order valence-electron chi connectivity index (χ2n) is 4.04. The van der Waals surface area contributed by atoms with Crippen molar-refractivity contribution in [3.8, 4) is 0 Å². The molecule has 1 saturated carbocycles. The van der Waals surface area contributed by atoms with Crippen molar-refractivity contribution in [2.75, 3.05) is 20.8 Å². The first-order chi connectivity index (χ1) is 6.81. The molecular formula is C11H23NO2. The summed E-state index contributed by atoms with van der Waals surface area (Å²) in [6.45, 7) is 2.98. The minimum atomic E-state index is 0.404. The third-order valence-electron chi connectivity index (χ3n) is 3.07. The Morgan fingerprint density at radius 2 is 2.14 bits per heavy atom. The molecule has 0 radical (unpaired) electrons. The molecule has 1 N–H and O–H groups in total. The van der Waals surface area contributed by atoms with E-state index in [1.165, 1.54) is 19.3 Å². The zero-order chi connectivity index (χ0) is 10.4. The number of nitrogens with one attached hydrogen (secondary N) is 1. The van der Waals surface area contributed by atoms with E-state index in [2.05, 4.69) is 12.2 Å². The van der Waals surface area contributed by atoms with Crippen LogP contribution in [0.4, 0.5) is 0 Å². The van der Waals surface area contributed by atoms with Crippen molar-refractivity contribution in [2.45, 2.75) is 50.8 Å². The second kappa shape index (κ2) is 6.38. The van der Waals surface area contributed by atoms with Gasteiger partial charge >= 0.3 is 0 Å². The average Bonchev–Trinajstić information content (AvgIpc) is 2.64. The van der Waals surface area contributed by atoms with Crippen molar-refractivity contribution in [1.82, 2.24) is 5.32 Å². The third-order valence-corrected chi connectivity index (χ3v) is 3.07. The van der Waals surface area contributed by atoms with Crippen molar-refractivity contribution in [1.29, 1.82) is 0 Å². The van der Waals surface area contributed by atoms with Crippen LogP contribution in [0.15, 0.2) is 0 Å². The van der Waals surface area contributed by atoms with Gasteiger partial charge in [0.05, 0.1) is 12.7 Å². The molecule has 0 spiro atoms. The van der Waals surface area contributed by atoms with Gasteiger partial charge in [0.15, 0.2) is 0 Å². The molecule has 0 bridgehead atoms. The van der Waals surface area contributed by atoms with Crippen molar-refractivity contribution >= 4 is 0 Å². The zero-order valence-corrected chi connectivity index (χ0v) is 9.58. The highest BCUT2D eigenvalue weighted by Gasteiger charge is 2.28. The van der Waals surface area contributed by atoms with Crippen LogP contribution >= 0.6 is 0 Å². The van der Waals surface area contributed by atoms with Gasteiger partial charge in [0.2, 0.25) is 0 Å². The van der Waals surface area contributed by atoms with E-state index in [0.717, 1.165) is 13.0 Å². The molecule has 0 amide bonds.